The van der Waals surface area contributed by atoms with Crippen LogP contribution in [0.25, 0.3) is 0 Å². The number of carbonyl (C=O) groups excluding carboxylic acids is 1. The maximum atomic E-state index is 12.9. The van der Waals surface area contributed by atoms with E-state index in [1.54, 1.807) is 19.2 Å². The second kappa shape index (κ2) is 7.54. The first kappa shape index (κ1) is 19.4. The van der Waals surface area contributed by atoms with E-state index in [0.717, 1.165) is 22.3 Å². The Morgan fingerprint density at radius 3 is 2.16 bits per heavy atom. The van der Waals surface area contributed by atoms with Crippen LogP contribution in [0.4, 0.5) is 0 Å². The SMILES string of the molecule is CON1CCC(C(=O)O)(N(C)C(=O)Cc2c(C)cc(C)cc2C)CC1. The van der Waals surface area contributed by atoms with Crippen molar-refractivity contribution < 1.29 is 19.5 Å². The van der Waals surface area contributed by atoms with Crippen molar-refractivity contribution in [3.63, 3.8) is 0 Å². The van der Waals surface area contributed by atoms with Gasteiger partial charge in [0.05, 0.1) is 13.5 Å². The van der Waals surface area contributed by atoms with Crippen LogP contribution in [0.3, 0.4) is 0 Å². The summed E-state index contributed by atoms with van der Waals surface area (Å²) in [5.41, 5.74) is 3.11. The molecular formula is C19H28N2O4. The number of likely N-dealkylation sites (N-methyl/N-ethyl adjacent to an activating group) is 1. The van der Waals surface area contributed by atoms with Crippen LogP contribution in [0.5, 0.6) is 0 Å². The van der Waals surface area contributed by atoms with Crippen molar-refractivity contribution in [3.05, 3.63) is 34.4 Å². The van der Waals surface area contributed by atoms with Gasteiger partial charge in [0.15, 0.2) is 0 Å². The molecule has 138 valence electrons. The van der Waals surface area contributed by atoms with Crippen LogP contribution in [-0.2, 0) is 20.8 Å². The molecule has 6 heteroatoms. The number of piperidine rings is 1. The number of hydrogen-bond acceptors (Lipinski definition) is 4. The molecule has 1 fully saturated rings. The summed E-state index contributed by atoms with van der Waals surface area (Å²) in [5, 5.41) is 11.6. The van der Waals surface area contributed by atoms with Crippen molar-refractivity contribution in [2.75, 3.05) is 27.2 Å². The molecule has 0 aromatic heterocycles. The van der Waals surface area contributed by atoms with E-state index >= 15 is 0 Å². The second-order valence-electron chi connectivity index (χ2n) is 6.96. The summed E-state index contributed by atoms with van der Waals surface area (Å²) in [7, 11) is 3.18. The van der Waals surface area contributed by atoms with Gasteiger partial charge in [-0.1, -0.05) is 17.7 Å². The molecule has 0 atom stereocenters. The van der Waals surface area contributed by atoms with Gasteiger partial charge in [-0.05, 0) is 50.3 Å². The fraction of sp³-hybridized carbons (Fsp3) is 0.579. The normalized spacial score (nSPS) is 17.3. The zero-order valence-corrected chi connectivity index (χ0v) is 15.8. The molecule has 25 heavy (non-hydrogen) atoms. The molecule has 1 saturated heterocycles. The maximum absolute atomic E-state index is 12.9. The van der Waals surface area contributed by atoms with Crippen LogP contribution in [-0.4, -0.2) is 59.7 Å². The Balaban J connectivity index is 2.21. The molecule has 0 aliphatic carbocycles. The summed E-state index contributed by atoms with van der Waals surface area (Å²) in [5.74, 6) is -1.11. The molecule has 1 amide bonds. The van der Waals surface area contributed by atoms with Gasteiger partial charge < -0.3 is 14.8 Å². The quantitative estimate of drug-likeness (QED) is 0.882. The number of amides is 1. The summed E-state index contributed by atoms with van der Waals surface area (Å²) in [4.78, 5) is 31.5. The standard InChI is InChI=1S/C19H28N2O4/c1-13-10-14(2)16(15(3)11-13)12-17(22)20(4)19(18(23)24)6-8-21(25-5)9-7-19/h10-11H,6-9,12H2,1-5H3,(H,23,24). The number of carboxylic acid groups (broad SMARTS) is 1. The lowest BCUT2D eigenvalue weighted by Crippen LogP contribution is -2.60. The smallest absolute Gasteiger partial charge is 0.329 e. The lowest BCUT2D eigenvalue weighted by Gasteiger charge is -2.43. The highest BCUT2D eigenvalue weighted by Crippen LogP contribution is 2.30. The Kier molecular flexibility index (Phi) is 5.85. The summed E-state index contributed by atoms with van der Waals surface area (Å²) in [6, 6.07) is 4.11. The molecule has 0 unspecified atom stereocenters. The Morgan fingerprint density at radius 2 is 1.72 bits per heavy atom. The maximum Gasteiger partial charge on any atom is 0.329 e. The fourth-order valence-corrected chi connectivity index (χ4v) is 3.73. The molecular weight excluding hydrogens is 320 g/mol. The Bertz CT molecular complexity index is 640. The van der Waals surface area contributed by atoms with Gasteiger partial charge in [0.1, 0.15) is 5.54 Å². The van der Waals surface area contributed by atoms with Crippen molar-refractivity contribution in [2.45, 2.75) is 45.6 Å². The van der Waals surface area contributed by atoms with Crippen LogP contribution in [0.2, 0.25) is 0 Å². The average molecular weight is 348 g/mol. The van der Waals surface area contributed by atoms with E-state index in [2.05, 4.69) is 12.1 Å². The van der Waals surface area contributed by atoms with Gasteiger partial charge in [0.2, 0.25) is 5.91 Å². The van der Waals surface area contributed by atoms with Crippen LogP contribution in [0.15, 0.2) is 12.1 Å². The molecule has 0 bridgehead atoms. The van der Waals surface area contributed by atoms with Gasteiger partial charge in [-0.2, -0.15) is 5.06 Å². The highest BCUT2D eigenvalue weighted by atomic mass is 16.7. The summed E-state index contributed by atoms with van der Waals surface area (Å²) in [6.45, 7) is 6.99. The number of rotatable bonds is 5. The van der Waals surface area contributed by atoms with E-state index in [0.29, 0.717) is 25.9 Å². The second-order valence-corrected chi connectivity index (χ2v) is 6.96. The Labute approximate surface area is 149 Å². The molecule has 1 aliphatic rings. The predicted octanol–water partition coefficient (Wildman–Crippen LogP) is 2.09. The number of carbonyl (C=O) groups is 2. The van der Waals surface area contributed by atoms with Gasteiger partial charge in [0, 0.05) is 20.1 Å². The monoisotopic (exact) mass is 348 g/mol. The Morgan fingerprint density at radius 1 is 1.20 bits per heavy atom. The Hall–Kier alpha value is -1.92. The van der Waals surface area contributed by atoms with Crippen molar-refractivity contribution in [2.24, 2.45) is 0 Å². The zero-order chi connectivity index (χ0) is 18.8. The molecule has 6 nitrogen and oxygen atoms in total. The third-order valence-corrected chi connectivity index (χ3v) is 5.39. The number of nitrogens with zero attached hydrogens (tertiary/aromatic N) is 2. The minimum Gasteiger partial charge on any atom is -0.479 e. The number of aliphatic carboxylic acids is 1. The van der Waals surface area contributed by atoms with E-state index in [9.17, 15) is 14.7 Å². The van der Waals surface area contributed by atoms with E-state index in [1.165, 1.54) is 4.90 Å². The van der Waals surface area contributed by atoms with Gasteiger partial charge in [-0.15, -0.1) is 0 Å². The predicted molar refractivity (Wildman–Crippen MR) is 95.3 cm³/mol. The lowest BCUT2D eigenvalue weighted by molar-refractivity contribution is -0.182. The number of carboxylic acids is 1. The molecule has 1 N–H and O–H groups in total. The first-order valence-corrected chi connectivity index (χ1v) is 8.57. The third-order valence-electron chi connectivity index (χ3n) is 5.39. The number of hydroxylamine groups is 2. The first-order chi connectivity index (χ1) is 11.7. The fourth-order valence-electron chi connectivity index (χ4n) is 3.73. The van der Waals surface area contributed by atoms with E-state index in [1.807, 2.05) is 20.8 Å². The highest BCUT2D eigenvalue weighted by molar-refractivity contribution is 5.88. The highest BCUT2D eigenvalue weighted by Gasteiger charge is 2.47. The molecule has 0 saturated carbocycles. The van der Waals surface area contributed by atoms with Gasteiger partial charge in [0.25, 0.3) is 0 Å². The van der Waals surface area contributed by atoms with Crippen LogP contribution in [0.1, 0.15) is 35.1 Å². The van der Waals surface area contributed by atoms with E-state index < -0.39 is 11.5 Å². The van der Waals surface area contributed by atoms with Crippen LogP contribution < -0.4 is 0 Å². The van der Waals surface area contributed by atoms with Crippen molar-refractivity contribution >= 4 is 11.9 Å². The number of aryl methyl sites for hydroxylation is 3. The minimum absolute atomic E-state index is 0.164. The molecule has 1 aromatic carbocycles. The van der Waals surface area contributed by atoms with Crippen LogP contribution in [0, 0.1) is 20.8 Å². The first-order valence-electron chi connectivity index (χ1n) is 8.57. The van der Waals surface area contributed by atoms with Gasteiger partial charge in [-0.3, -0.25) is 4.79 Å². The minimum atomic E-state index is -1.17. The summed E-state index contributed by atoms with van der Waals surface area (Å²) < 4.78 is 0. The van der Waals surface area contributed by atoms with Crippen molar-refractivity contribution in [1.82, 2.24) is 9.96 Å². The largest absolute Gasteiger partial charge is 0.479 e. The van der Waals surface area contributed by atoms with Crippen molar-refractivity contribution in [1.29, 1.82) is 0 Å². The van der Waals surface area contributed by atoms with Gasteiger partial charge >= 0.3 is 5.97 Å². The molecule has 1 aliphatic heterocycles. The average Bonchev–Trinajstić information content (AvgIpc) is 2.57. The topological polar surface area (TPSA) is 70.1 Å². The van der Waals surface area contributed by atoms with Crippen LogP contribution >= 0.6 is 0 Å². The summed E-state index contributed by atoms with van der Waals surface area (Å²) in [6.07, 6.45) is 0.923. The zero-order valence-electron chi connectivity index (χ0n) is 15.8. The van der Waals surface area contributed by atoms with E-state index in [-0.39, 0.29) is 12.3 Å². The van der Waals surface area contributed by atoms with Crippen molar-refractivity contribution in [3.8, 4) is 0 Å². The molecule has 0 spiro atoms. The number of hydrogen-bond donors (Lipinski definition) is 1. The molecule has 2 rings (SSSR count). The molecule has 1 heterocycles. The lowest BCUT2D eigenvalue weighted by atomic mass is 9.86. The summed E-state index contributed by atoms with van der Waals surface area (Å²) >= 11 is 0. The van der Waals surface area contributed by atoms with E-state index in [4.69, 9.17) is 4.84 Å². The van der Waals surface area contributed by atoms with Gasteiger partial charge in [-0.25, -0.2) is 4.79 Å². The molecule has 0 radical (unpaired) electrons. The number of benzene rings is 1. The third kappa shape index (κ3) is 3.85. The molecule has 1 aromatic rings.